The van der Waals surface area contributed by atoms with Crippen LogP contribution in [0.3, 0.4) is 0 Å². The van der Waals surface area contributed by atoms with Gasteiger partial charge in [-0.05, 0) is 38.8 Å². The highest BCUT2D eigenvalue weighted by molar-refractivity contribution is 9.10. The summed E-state index contributed by atoms with van der Waals surface area (Å²) in [5.41, 5.74) is 1.75. The molecule has 0 unspecified atom stereocenters. The Morgan fingerprint density at radius 3 is 2.68 bits per heavy atom. The first-order chi connectivity index (χ1) is 12.1. The van der Waals surface area contributed by atoms with E-state index in [0.29, 0.717) is 16.6 Å². The Hall–Kier alpha value is -2.92. The highest BCUT2D eigenvalue weighted by Crippen LogP contribution is 2.25. The predicted octanol–water partition coefficient (Wildman–Crippen LogP) is 4.89. The lowest BCUT2D eigenvalue weighted by molar-refractivity contribution is 0.516. The molecule has 122 valence electrons. The van der Waals surface area contributed by atoms with Crippen molar-refractivity contribution in [3.05, 3.63) is 86.7 Å². The molecule has 1 heterocycles. The van der Waals surface area contributed by atoms with Crippen molar-refractivity contribution in [1.29, 1.82) is 0 Å². The topological polar surface area (TPSA) is 66.0 Å². The van der Waals surface area contributed by atoms with Gasteiger partial charge in [0.25, 0.3) is 5.56 Å². The molecule has 25 heavy (non-hydrogen) atoms. The lowest BCUT2D eigenvalue weighted by atomic mass is 10.0. The molecule has 1 aromatic heterocycles. The maximum absolute atomic E-state index is 12.3. The molecule has 0 aliphatic carbocycles. The fourth-order valence-electron chi connectivity index (χ4n) is 2.84. The van der Waals surface area contributed by atoms with Gasteiger partial charge in [-0.15, -0.1) is 0 Å². The number of H-pyrrole nitrogens is 1. The maximum atomic E-state index is 12.3. The van der Waals surface area contributed by atoms with Gasteiger partial charge in [0, 0.05) is 16.1 Å². The van der Waals surface area contributed by atoms with E-state index in [1.807, 2.05) is 60.7 Å². The second-order valence-electron chi connectivity index (χ2n) is 5.64. The number of nitrogens with zero attached hydrogens (tertiary/aromatic N) is 1. The molecule has 0 fully saturated rings. The fourth-order valence-corrected chi connectivity index (χ4v) is 3.30. The minimum atomic E-state index is -0.355. The van der Waals surface area contributed by atoms with Gasteiger partial charge in [0.05, 0.1) is 11.0 Å². The van der Waals surface area contributed by atoms with Gasteiger partial charge in [0.1, 0.15) is 11.5 Å². The van der Waals surface area contributed by atoms with Crippen LogP contribution in [0.1, 0.15) is 11.3 Å². The summed E-state index contributed by atoms with van der Waals surface area (Å²) in [4.78, 5) is 19.5. The zero-order valence-electron chi connectivity index (χ0n) is 13.0. The fraction of sp³-hybridized carbons (Fsp3) is 0. The highest BCUT2D eigenvalue weighted by atomic mass is 79.9. The van der Waals surface area contributed by atoms with Crippen molar-refractivity contribution < 1.29 is 5.11 Å². The molecule has 0 atom stereocenters. The summed E-state index contributed by atoms with van der Waals surface area (Å²) in [6.45, 7) is 0. The molecule has 0 radical (unpaired) electrons. The molecule has 0 aliphatic rings. The normalized spacial score (nSPS) is 12.0. The SMILES string of the molecule is O=c1[nH]c2c(Br)cccc2nc1C=C(O)c1cccc2ccccc12. The molecule has 3 aromatic carbocycles. The molecule has 4 aromatic rings. The standard InChI is InChI=1S/C20H13BrN2O2/c21-15-9-4-10-16-19(15)23-20(25)17(22-16)11-18(24)14-8-3-6-12-5-1-2-7-13(12)14/h1-11,24H,(H,23,25). The van der Waals surface area contributed by atoms with Crippen LogP contribution in [0.4, 0.5) is 0 Å². The van der Waals surface area contributed by atoms with E-state index in [0.717, 1.165) is 15.2 Å². The number of hydrogen-bond acceptors (Lipinski definition) is 3. The number of nitrogens with one attached hydrogen (secondary N) is 1. The van der Waals surface area contributed by atoms with Crippen molar-refractivity contribution in [2.45, 2.75) is 0 Å². The van der Waals surface area contributed by atoms with E-state index in [2.05, 4.69) is 25.9 Å². The smallest absolute Gasteiger partial charge is 0.274 e. The van der Waals surface area contributed by atoms with Gasteiger partial charge in [-0.25, -0.2) is 4.98 Å². The number of halogens is 1. The largest absolute Gasteiger partial charge is 0.507 e. The van der Waals surface area contributed by atoms with E-state index >= 15 is 0 Å². The van der Waals surface area contributed by atoms with E-state index in [4.69, 9.17) is 0 Å². The Kier molecular flexibility index (Phi) is 3.86. The summed E-state index contributed by atoms with van der Waals surface area (Å²) in [6.07, 6.45) is 1.40. The zero-order chi connectivity index (χ0) is 17.4. The second kappa shape index (κ2) is 6.18. The Labute approximate surface area is 151 Å². The van der Waals surface area contributed by atoms with E-state index < -0.39 is 0 Å². The summed E-state index contributed by atoms with van der Waals surface area (Å²) >= 11 is 3.40. The molecule has 0 spiro atoms. The van der Waals surface area contributed by atoms with Crippen molar-refractivity contribution in [2.24, 2.45) is 0 Å². The first kappa shape index (κ1) is 15.6. The first-order valence-corrected chi connectivity index (χ1v) is 8.50. The van der Waals surface area contributed by atoms with Gasteiger partial charge in [-0.1, -0.05) is 48.5 Å². The molecule has 5 heteroatoms. The maximum Gasteiger partial charge on any atom is 0.274 e. The molecule has 0 aliphatic heterocycles. The van der Waals surface area contributed by atoms with Crippen molar-refractivity contribution in [2.75, 3.05) is 0 Å². The van der Waals surface area contributed by atoms with Gasteiger partial charge < -0.3 is 10.1 Å². The minimum absolute atomic E-state index is 0.00384. The molecule has 4 rings (SSSR count). The van der Waals surface area contributed by atoms with Gasteiger partial charge in [0.15, 0.2) is 0 Å². The van der Waals surface area contributed by atoms with Crippen LogP contribution in [-0.4, -0.2) is 15.1 Å². The predicted molar refractivity (Wildman–Crippen MR) is 105 cm³/mol. The Bertz CT molecular complexity index is 1190. The van der Waals surface area contributed by atoms with E-state index in [9.17, 15) is 9.90 Å². The number of aliphatic hydroxyl groups is 1. The van der Waals surface area contributed by atoms with E-state index in [1.165, 1.54) is 6.08 Å². The van der Waals surface area contributed by atoms with Gasteiger partial charge in [0.2, 0.25) is 0 Å². The van der Waals surface area contributed by atoms with Crippen LogP contribution in [0.5, 0.6) is 0 Å². The van der Waals surface area contributed by atoms with Gasteiger partial charge in [-0.3, -0.25) is 4.79 Å². The van der Waals surface area contributed by atoms with Crippen LogP contribution in [0.15, 0.2) is 69.9 Å². The number of aromatic nitrogens is 2. The number of rotatable bonds is 2. The zero-order valence-corrected chi connectivity index (χ0v) is 14.6. The summed E-state index contributed by atoms with van der Waals surface area (Å²) in [7, 11) is 0. The van der Waals surface area contributed by atoms with Crippen LogP contribution < -0.4 is 5.56 Å². The summed E-state index contributed by atoms with van der Waals surface area (Å²) in [5, 5.41) is 12.5. The number of hydrogen-bond donors (Lipinski definition) is 2. The third-order valence-electron chi connectivity index (χ3n) is 4.04. The van der Waals surface area contributed by atoms with Crippen molar-refractivity contribution in [1.82, 2.24) is 9.97 Å². The van der Waals surface area contributed by atoms with E-state index in [1.54, 1.807) is 0 Å². The molecule has 0 amide bonds. The Morgan fingerprint density at radius 2 is 1.80 bits per heavy atom. The summed E-state index contributed by atoms with van der Waals surface area (Å²) in [5.74, 6) is 0.00384. The average Bonchev–Trinajstić information content (AvgIpc) is 2.63. The van der Waals surface area contributed by atoms with Gasteiger partial charge in [-0.2, -0.15) is 0 Å². The lowest BCUT2D eigenvalue weighted by Crippen LogP contribution is -2.12. The van der Waals surface area contributed by atoms with Crippen LogP contribution in [0.2, 0.25) is 0 Å². The number of aromatic amines is 1. The molecule has 0 bridgehead atoms. The molecule has 2 N–H and O–H groups in total. The molecule has 0 saturated carbocycles. The summed E-state index contributed by atoms with van der Waals surface area (Å²) in [6, 6.07) is 18.9. The second-order valence-corrected chi connectivity index (χ2v) is 6.50. The van der Waals surface area contributed by atoms with Crippen molar-refractivity contribution in [3.63, 3.8) is 0 Å². The monoisotopic (exact) mass is 392 g/mol. The number of benzene rings is 3. The summed E-state index contributed by atoms with van der Waals surface area (Å²) < 4.78 is 0.767. The van der Waals surface area contributed by atoms with Crippen LogP contribution in [-0.2, 0) is 0 Å². The van der Waals surface area contributed by atoms with Crippen LogP contribution in [0.25, 0.3) is 33.6 Å². The molecular formula is C20H13BrN2O2. The van der Waals surface area contributed by atoms with Crippen LogP contribution in [0, 0.1) is 0 Å². The third-order valence-corrected chi connectivity index (χ3v) is 4.70. The molecule has 0 saturated heterocycles. The Morgan fingerprint density at radius 1 is 1.04 bits per heavy atom. The quantitative estimate of drug-likeness (QED) is 0.477. The van der Waals surface area contributed by atoms with E-state index in [-0.39, 0.29) is 17.0 Å². The Balaban J connectivity index is 1.89. The lowest BCUT2D eigenvalue weighted by Gasteiger charge is -2.06. The third kappa shape index (κ3) is 2.83. The average molecular weight is 393 g/mol. The molecule has 4 nitrogen and oxygen atoms in total. The number of aliphatic hydroxyl groups excluding tert-OH is 1. The number of fused-ring (bicyclic) bond motifs is 2. The minimum Gasteiger partial charge on any atom is -0.507 e. The van der Waals surface area contributed by atoms with Crippen molar-refractivity contribution in [3.8, 4) is 0 Å². The highest BCUT2D eigenvalue weighted by Gasteiger charge is 2.09. The van der Waals surface area contributed by atoms with Crippen LogP contribution >= 0.6 is 15.9 Å². The number of para-hydroxylation sites is 1. The van der Waals surface area contributed by atoms with Crippen molar-refractivity contribution >= 4 is 49.6 Å². The molecular weight excluding hydrogens is 380 g/mol. The van der Waals surface area contributed by atoms with Gasteiger partial charge >= 0.3 is 0 Å². The first-order valence-electron chi connectivity index (χ1n) is 7.71.